The zero-order valence-electron chi connectivity index (χ0n) is 5.91. The van der Waals surface area contributed by atoms with E-state index in [-0.39, 0.29) is 6.08 Å². The van der Waals surface area contributed by atoms with Crippen molar-refractivity contribution in [1.29, 1.82) is 0 Å². The maximum Gasteiger partial charge on any atom is 0.370 e. The lowest BCUT2D eigenvalue weighted by Gasteiger charge is -2.33. The zero-order valence-corrected chi connectivity index (χ0v) is 5.91. The summed E-state index contributed by atoms with van der Waals surface area (Å²) in [5.41, 5.74) is 0. The van der Waals surface area contributed by atoms with Crippen molar-refractivity contribution in [2.75, 3.05) is 0 Å². The standard InChI is InChI=1S/C6H4F4O2/c1-3(11)12-4-2-5(7,8)6(4,9)10/h2H,1H3. The van der Waals surface area contributed by atoms with E-state index in [0.29, 0.717) is 0 Å². The Labute approximate surface area is 64.8 Å². The Balaban J connectivity index is 2.79. The van der Waals surface area contributed by atoms with Gasteiger partial charge in [-0.15, -0.1) is 0 Å². The highest BCUT2D eigenvalue weighted by molar-refractivity contribution is 5.68. The predicted octanol–water partition coefficient (Wildman–Crippen LogP) is 1.72. The fourth-order valence-electron chi connectivity index (χ4n) is 0.681. The minimum Gasteiger partial charge on any atom is -0.425 e. The summed E-state index contributed by atoms with van der Waals surface area (Å²) >= 11 is 0. The summed E-state index contributed by atoms with van der Waals surface area (Å²) in [6, 6.07) is 0. The van der Waals surface area contributed by atoms with Gasteiger partial charge in [-0.25, -0.2) is 0 Å². The van der Waals surface area contributed by atoms with Crippen LogP contribution in [-0.4, -0.2) is 17.8 Å². The number of carbonyl (C=O) groups is 1. The van der Waals surface area contributed by atoms with Crippen molar-refractivity contribution < 1.29 is 27.1 Å². The molecule has 0 saturated heterocycles. The van der Waals surface area contributed by atoms with E-state index in [1.807, 2.05) is 0 Å². The van der Waals surface area contributed by atoms with E-state index in [2.05, 4.69) is 4.74 Å². The first-order chi connectivity index (χ1) is 5.27. The van der Waals surface area contributed by atoms with E-state index in [4.69, 9.17) is 0 Å². The highest BCUT2D eigenvalue weighted by Crippen LogP contribution is 2.50. The van der Waals surface area contributed by atoms with E-state index >= 15 is 0 Å². The van der Waals surface area contributed by atoms with Gasteiger partial charge in [0.05, 0.1) is 0 Å². The van der Waals surface area contributed by atoms with Crippen LogP contribution < -0.4 is 0 Å². The van der Waals surface area contributed by atoms with Crippen LogP contribution in [-0.2, 0) is 9.53 Å². The van der Waals surface area contributed by atoms with Gasteiger partial charge in [0.2, 0.25) is 0 Å². The first-order valence-electron chi connectivity index (χ1n) is 2.95. The number of carbonyl (C=O) groups excluding carboxylic acids is 1. The second-order valence-corrected chi connectivity index (χ2v) is 2.30. The molecule has 0 saturated carbocycles. The average Bonchev–Trinajstić information content (AvgIpc) is 1.85. The van der Waals surface area contributed by atoms with Gasteiger partial charge in [0.1, 0.15) is 0 Å². The molecule has 0 aliphatic heterocycles. The van der Waals surface area contributed by atoms with Crippen molar-refractivity contribution in [2.45, 2.75) is 18.8 Å². The number of alkyl halides is 4. The van der Waals surface area contributed by atoms with Crippen molar-refractivity contribution in [3.8, 4) is 0 Å². The summed E-state index contributed by atoms with van der Waals surface area (Å²) in [6.07, 6.45) is -0.0750. The smallest absolute Gasteiger partial charge is 0.370 e. The van der Waals surface area contributed by atoms with Gasteiger partial charge >= 0.3 is 17.8 Å². The molecular weight excluding hydrogens is 180 g/mol. The normalized spacial score (nSPS) is 23.9. The Kier molecular flexibility index (Phi) is 1.66. The Morgan fingerprint density at radius 1 is 1.42 bits per heavy atom. The number of ether oxygens (including phenoxy) is 1. The van der Waals surface area contributed by atoms with Gasteiger partial charge in [-0.05, 0) is 0 Å². The molecule has 0 aromatic rings. The van der Waals surface area contributed by atoms with Gasteiger partial charge < -0.3 is 4.74 Å². The minimum atomic E-state index is -4.35. The molecule has 0 atom stereocenters. The molecule has 0 bridgehead atoms. The molecular formula is C6H4F4O2. The van der Waals surface area contributed by atoms with Gasteiger partial charge in [0.25, 0.3) is 0 Å². The molecule has 1 aliphatic carbocycles. The van der Waals surface area contributed by atoms with Crippen LogP contribution in [0.5, 0.6) is 0 Å². The lowest BCUT2D eigenvalue weighted by Crippen LogP contribution is -2.50. The number of hydrogen-bond acceptors (Lipinski definition) is 2. The maximum atomic E-state index is 12.2. The molecule has 0 radical (unpaired) electrons. The lowest BCUT2D eigenvalue weighted by atomic mass is 9.98. The molecule has 68 valence electrons. The van der Waals surface area contributed by atoms with Crippen molar-refractivity contribution >= 4 is 5.97 Å². The third kappa shape index (κ3) is 1.07. The van der Waals surface area contributed by atoms with Crippen molar-refractivity contribution in [1.82, 2.24) is 0 Å². The molecule has 0 amide bonds. The molecule has 0 fully saturated rings. The van der Waals surface area contributed by atoms with E-state index in [1.54, 1.807) is 0 Å². The first kappa shape index (κ1) is 9.02. The Morgan fingerprint density at radius 2 is 1.92 bits per heavy atom. The number of rotatable bonds is 1. The summed E-state index contributed by atoms with van der Waals surface area (Å²) in [5, 5.41) is 0. The minimum absolute atomic E-state index is 0.0750. The van der Waals surface area contributed by atoms with Crippen LogP contribution >= 0.6 is 0 Å². The van der Waals surface area contributed by atoms with E-state index in [9.17, 15) is 22.4 Å². The van der Waals surface area contributed by atoms with Gasteiger partial charge in [0.15, 0.2) is 5.76 Å². The van der Waals surface area contributed by atoms with Crippen LogP contribution in [0, 0.1) is 0 Å². The average molecular weight is 184 g/mol. The van der Waals surface area contributed by atoms with Crippen LogP contribution in [0.2, 0.25) is 0 Å². The van der Waals surface area contributed by atoms with E-state index < -0.39 is 23.6 Å². The number of hydrogen-bond donors (Lipinski definition) is 0. The van der Waals surface area contributed by atoms with E-state index in [1.165, 1.54) is 0 Å². The molecule has 1 rings (SSSR count). The molecule has 0 aromatic carbocycles. The topological polar surface area (TPSA) is 26.3 Å². The Bertz CT molecular complexity index is 256. The molecule has 2 nitrogen and oxygen atoms in total. The third-order valence-corrected chi connectivity index (χ3v) is 1.29. The molecule has 6 heteroatoms. The molecule has 0 heterocycles. The van der Waals surface area contributed by atoms with Crippen LogP contribution in [0.1, 0.15) is 6.92 Å². The fraction of sp³-hybridized carbons (Fsp3) is 0.500. The molecule has 0 N–H and O–H groups in total. The van der Waals surface area contributed by atoms with Crippen LogP contribution in [0.15, 0.2) is 11.8 Å². The zero-order chi connectivity index (χ0) is 9.57. The lowest BCUT2D eigenvalue weighted by molar-refractivity contribution is -0.209. The number of halogens is 4. The summed E-state index contributed by atoms with van der Waals surface area (Å²) in [5.74, 6) is -10.9. The monoisotopic (exact) mass is 184 g/mol. The summed E-state index contributed by atoms with van der Waals surface area (Å²) in [4.78, 5) is 10.1. The molecule has 1 aliphatic rings. The van der Waals surface area contributed by atoms with Crippen molar-refractivity contribution in [3.63, 3.8) is 0 Å². The molecule has 12 heavy (non-hydrogen) atoms. The summed E-state index contributed by atoms with van der Waals surface area (Å²) < 4.78 is 52.3. The highest BCUT2D eigenvalue weighted by atomic mass is 19.3. The number of allylic oxidation sites excluding steroid dienone is 2. The van der Waals surface area contributed by atoms with Crippen molar-refractivity contribution in [2.24, 2.45) is 0 Å². The fourth-order valence-corrected chi connectivity index (χ4v) is 0.681. The van der Waals surface area contributed by atoms with Crippen molar-refractivity contribution in [3.05, 3.63) is 11.8 Å². The first-order valence-corrected chi connectivity index (χ1v) is 2.95. The van der Waals surface area contributed by atoms with Gasteiger partial charge in [-0.3, -0.25) is 4.79 Å². The predicted molar refractivity (Wildman–Crippen MR) is 29.7 cm³/mol. The molecule has 0 aromatic heterocycles. The second-order valence-electron chi connectivity index (χ2n) is 2.30. The third-order valence-electron chi connectivity index (χ3n) is 1.29. The SMILES string of the molecule is CC(=O)OC1=CC(F)(F)C1(F)F. The largest absolute Gasteiger partial charge is 0.425 e. The van der Waals surface area contributed by atoms with Crippen LogP contribution in [0.4, 0.5) is 17.6 Å². The van der Waals surface area contributed by atoms with Crippen LogP contribution in [0.3, 0.4) is 0 Å². The quantitative estimate of drug-likeness (QED) is 0.458. The number of esters is 1. The van der Waals surface area contributed by atoms with Gasteiger partial charge in [-0.1, -0.05) is 0 Å². The Hall–Kier alpha value is -1.07. The summed E-state index contributed by atoms with van der Waals surface area (Å²) in [7, 11) is 0. The molecule has 0 spiro atoms. The van der Waals surface area contributed by atoms with Gasteiger partial charge in [-0.2, -0.15) is 17.6 Å². The van der Waals surface area contributed by atoms with Crippen LogP contribution in [0.25, 0.3) is 0 Å². The second kappa shape index (κ2) is 2.21. The molecule has 0 unspecified atom stereocenters. The van der Waals surface area contributed by atoms with Gasteiger partial charge in [0, 0.05) is 13.0 Å². The van der Waals surface area contributed by atoms with E-state index in [0.717, 1.165) is 6.92 Å². The Morgan fingerprint density at radius 3 is 2.17 bits per heavy atom. The maximum absolute atomic E-state index is 12.2. The summed E-state index contributed by atoms with van der Waals surface area (Å²) in [6.45, 7) is 0.855. The highest BCUT2D eigenvalue weighted by Gasteiger charge is 2.67.